The predicted octanol–water partition coefficient (Wildman–Crippen LogP) is 7.50. The Morgan fingerprint density at radius 2 is 1.48 bits per heavy atom. The van der Waals surface area contributed by atoms with E-state index in [1.165, 1.54) is 56.9 Å². The first kappa shape index (κ1) is 23.4. The topological polar surface area (TPSA) is 35.0 Å². The van der Waals surface area contributed by atoms with Crippen LogP contribution in [0.25, 0.3) is 11.4 Å². The van der Waals surface area contributed by atoms with Crippen LogP contribution in [-0.2, 0) is 6.42 Å². The maximum Gasteiger partial charge on any atom is 0.159 e. The minimum absolute atomic E-state index is 0.599. The molecule has 0 saturated carbocycles. The maximum absolute atomic E-state index is 5.95. The van der Waals surface area contributed by atoms with Gasteiger partial charge in [-0.2, -0.15) is 0 Å². The lowest BCUT2D eigenvalue weighted by atomic mass is 10.00. The molecule has 29 heavy (non-hydrogen) atoms. The third-order valence-electron chi connectivity index (χ3n) is 5.76. The normalized spacial score (nSPS) is 13.2. The molecule has 1 aromatic heterocycles. The molecular weight excluding hydrogens is 356 g/mol. The lowest BCUT2D eigenvalue weighted by Crippen LogP contribution is -2.08. The molecule has 0 radical (unpaired) electrons. The molecule has 3 heteroatoms. The Labute approximate surface area is 178 Å². The second-order valence-corrected chi connectivity index (χ2v) is 8.61. The number of benzene rings is 1. The molecule has 3 nitrogen and oxygen atoms in total. The minimum atomic E-state index is 0.599. The molecule has 1 aromatic carbocycles. The summed E-state index contributed by atoms with van der Waals surface area (Å²) in [6.45, 7) is 9.90. The standard InChI is InChI=1S/C26H40N2O/c1-5-7-8-12-22(4)20-29-25-16-14-24(15-17-25)26-27-18-23(19-28-26)13-10-9-11-21(3)6-2/h14-19,21-22H,5-13,20H2,1-4H3/t21-,22+/m0/s1. The molecule has 0 aliphatic carbocycles. The van der Waals surface area contributed by atoms with E-state index in [1.54, 1.807) is 0 Å². The van der Waals surface area contributed by atoms with Crippen molar-refractivity contribution >= 4 is 0 Å². The predicted molar refractivity (Wildman–Crippen MR) is 123 cm³/mol. The highest BCUT2D eigenvalue weighted by atomic mass is 16.5. The van der Waals surface area contributed by atoms with Gasteiger partial charge in [-0.1, -0.05) is 66.2 Å². The van der Waals surface area contributed by atoms with Gasteiger partial charge < -0.3 is 4.74 Å². The lowest BCUT2D eigenvalue weighted by molar-refractivity contribution is 0.249. The average molecular weight is 397 g/mol. The van der Waals surface area contributed by atoms with Crippen molar-refractivity contribution < 1.29 is 4.74 Å². The number of aryl methyl sites for hydroxylation is 1. The van der Waals surface area contributed by atoms with Gasteiger partial charge in [-0.25, -0.2) is 9.97 Å². The SMILES string of the molecule is CCCCC[C@@H](C)COc1ccc(-c2ncc(CCCC[C@@H](C)CC)cn2)cc1. The van der Waals surface area contributed by atoms with Crippen molar-refractivity contribution in [1.29, 1.82) is 0 Å². The van der Waals surface area contributed by atoms with Gasteiger partial charge in [-0.05, 0) is 60.9 Å². The quantitative estimate of drug-likeness (QED) is 0.310. The fourth-order valence-electron chi connectivity index (χ4n) is 3.42. The van der Waals surface area contributed by atoms with Gasteiger partial charge in [0.15, 0.2) is 5.82 Å². The summed E-state index contributed by atoms with van der Waals surface area (Å²) in [5.74, 6) is 3.15. The Bertz CT molecular complexity index is 666. The van der Waals surface area contributed by atoms with E-state index >= 15 is 0 Å². The number of unbranched alkanes of at least 4 members (excludes halogenated alkanes) is 3. The molecular formula is C26H40N2O. The van der Waals surface area contributed by atoms with Gasteiger partial charge in [0.1, 0.15) is 5.75 Å². The summed E-state index contributed by atoms with van der Waals surface area (Å²) >= 11 is 0. The Morgan fingerprint density at radius 1 is 0.828 bits per heavy atom. The van der Waals surface area contributed by atoms with E-state index in [0.29, 0.717) is 5.92 Å². The van der Waals surface area contributed by atoms with Gasteiger partial charge >= 0.3 is 0 Å². The van der Waals surface area contributed by atoms with Crippen LogP contribution in [-0.4, -0.2) is 16.6 Å². The summed E-state index contributed by atoms with van der Waals surface area (Å²) < 4.78 is 5.95. The summed E-state index contributed by atoms with van der Waals surface area (Å²) in [6, 6.07) is 8.16. The molecule has 0 unspecified atom stereocenters. The number of hydrogen-bond donors (Lipinski definition) is 0. The highest BCUT2D eigenvalue weighted by molar-refractivity contribution is 5.55. The Hall–Kier alpha value is -1.90. The molecule has 0 spiro atoms. The second-order valence-electron chi connectivity index (χ2n) is 8.61. The number of hydrogen-bond acceptors (Lipinski definition) is 3. The van der Waals surface area contributed by atoms with Crippen LogP contribution in [0.1, 0.15) is 84.6 Å². The zero-order chi connectivity index (χ0) is 20.9. The van der Waals surface area contributed by atoms with Crippen molar-refractivity contribution in [2.24, 2.45) is 11.8 Å². The van der Waals surface area contributed by atoms with Crippen LogP contribution in [0.2, 0.25) is 0 Å². The summed E-state index contributed by atoms with van der Waals surface area (Å²) in [7, 11) is 0. The van der Waals surface area contributed by atoms with Crippen molar-refractivity contribution in [1.82, 2.24) is 9.97 Å². The molecule has 0 fully saturated rings. The van der Waals surface area contributed by atoms with Gasteiger partial charge in [0.25, 0.3) is 0 Å². The van der Waals surface area contributed by atoms with Crippen molar-refractivity contribution in [3.8, 4) is 17.1 Å². The van der Waals surface area contributed by atoms with E-state index in [2.05, 4.69) is 49.8 Å². The molecule has 2 rings (SSSR count). The van der Waals surface area contributed by atoms with E-state index in [4.69, 9.17) is 4.74 Å². The molecule has 0 amide bonds. The van der Waals surface area contributed by atoms with Crippen LogP contribution in [0.5, 0.6) is 5.75 Å². The van der Waals surface area contributed by atoms with Gasteiger partial charge in [-0.15, -0.1) is 0 Å². The molecule has 160 valence electrons. The smallest absolute Gasteiger partial charge is 0.159 e. The molecule has 1 heterocycles. The molecule has 2 atom stereocenters. The largest absolute Gasteiger partial charge is 0.493 e. The molecule has 0 aliphatic heterocycles. The van der Waals surface area contributed by atoms with Crippen LogP contribution in [0.3, 0.4) is 0 Å². The molecule has 2 aromatic rings. The number of ether oxygens (including phenoxy) is 1. The van der Waals surface area contributed by atoms with Gasteiger partial charge in [0.2, 0.25) is 0 Å². The Balaban J connectivity index is 1.77. The average Bonchev–Trinajstić information content (AvgIpc) is 2.76. The monoisotopic (exact) mass is 396 g/mol. The fourth-order valence-corrected chi connectivity index (χ4v) is 3.42. The summed E-state index contributed by atoms with van der Waals surface area (Å²) in [4.78, 5) is 9.15. The first-order valence-electron chi connectivity index (χ1n) is 11.7. The van der Waals surface area contributed by atoms with Crippen LogP contribution in [0, 0.1) is 11.8 Å². The number of rotatable bonds is 14. The van der Waals surface area contributed by atoms with E-state index < -0.39 is 0 Å². The van der Waals surface area contributed by atoms with Crippen molar-refractivity contribution in [3.63, 3.8) is 0 Å². The first-order valence-corrected chi connectivity index (χ1v) is 11.7. The van der Waals surface area contributed by atoms with Crippen LogP contribution in [0.4, 0.5) is 0 Å². The molecule has 0 saturated heterocycles. The third kappa shape index (κ3) is 8.97. The molecule has 0 bridgehead atoms. The second kappa shape index (κ2) is 13.3. The summed E-state index contributed by atoms with van der Waals surface area (Å²) in [5, 5.41) is 0. The maximum atomic E-state index is 5.95. The summed E-state index contributed by atoms with van der Waals surface area (Å²) in [6.07, 6.45) is 15.3. The lowest BCUT2D eigenvalue weighted by Gasteiger charge is -2.13. The van der Waals surface area contributed by atoms with Crippen LogP contribution in [0.15, 0.2) is 36.7 Å². The van der Waals surface area contributed by atoms with Crippen molar-refractivity contribution in [2.75, 3.05) is 6.61 Å². The van der Waals surface area contributed by atoms with Gasteiger partial charge in [0.05, 0.1) is 6.61 Å². The van der Waals surface area contributed by atoms with E-state index in [9.17, 15) is 0 Å². The van der Waals surface area contributed by atoms with E-state index in [0.717, 1.165) is 36.1 Å². The zero-order valence-electron chi connectivity index (χ0n) is 19.0. The molecule has 0 N–H and O–H groups in total. The highest BCUT2D eigenvalue weighted by Gasteiger charge is 2.06. The zero-order valence-corrected chi connectivity index (χ0v) is 19.0. The Kier molecular flexibility index (Phi) is 10.8. The van der Waals surface area contributed by atoms with E-state index in [1.807, 2.05) is 24.5 Å². The van der Waals surface area contributed by atoms with Crippen LogP contribution >= 0.6 is 0 Å². The first-order chi connectivity index (χ1) is 14.1. The number of aromatic nitrogens is 2. The van der Waals surface area contributed by atoms with Crippen molar-refractivity contribution in [3.05, 3.63) is 42.2 Å². The van der Waals surface area contributed by atoms with Gasteiger partial charge in [-0.3, -0.25) is 0 Å². The van der Waals surface area contributed by atoms with Crippen LogP contribution < -0.4 is 4.74 Å². The van der Waals surface area contributed by atoms with Gasteiger partial charge in [0, 0.05) is 18.0 Å². The third-order valence-corrected chi connectivity index (χ3v) is 5.76. The number of nitrogens with zero attached hydrogens (tertiary/aromatic N) is 2. The Morgan fingerprint density at radius 3 is 2.14 bits per heavy atom. The summed E-state index contributed by atoms with van der Waals surface area (Å²) in [5.41, 5.74) is 2.27. The highest BCUT2D eigenvalue weighted by Crippen LogP contribution is 2.21. The molecule has 0 aliphatic rings. The minimum Gasteiger partial charge on any atom is -0.493 e. The fraction of sp³-hybridized carbons (Fsp3) is 0.615. The van der Waals surface area contributed by atoms with Crippen molar-refractivity contribution in [2.45, 2.75) is 85.5 Å². The van der Waals surface area contributed by atoms with E-state index in [-0.39, 0.29) is 0 Å².